The van der Waals surface area contributed by atoms with Gasteiger partial charge in [-0.05, 0) is 6.42 Å². The van der Waals surface area contributed by atoms with Crippen molar-refractivity contribution in [3.63, 3.8) is 0 Å². The summed E-state index contributed by atoms with van der Waals surface area (Å²) in [6.45, 7) is 11.5. The monoisotopic (exact) mass is 262 g/mol. The second-order valence-corrected chi connectivity index (χ2v) is 6.14. The van der Waals surface area contributed by atoms with Gasteiger partial charge in [-0.1, -0.05) is 31.2 Å². The molecule has 19 heavy (non-hydrogen) atoms. The molecule has 3 nitrogen and oxygen atoms in total. The van der Waals surface area contributed by atoms with Crippen molar-refractivity contribution >= 4 is 0 Å². The molecule has 0 spiro atoms. The van der Waals surface area contributed by atoms with Crippen LogP contribution in [0.15, 0.2) is 24.3 Å². The fourth-order valence-electron chi connectivity index (χ4n) is 3.86. The largest absolute Gasteiger partial charge is 0.337 e. The molecule has 0 saturated carbocycles. The molecule has 104 valence electrons. The van der Waals surface area contributed by atoms with E-state index in [0.717, 1.165) is 6.04 Å². The zero-order chi connectivity index (χ0) is 13.1. The fourth-order valence-corrected chi connectivity index (χ4v) is 3.86. The van der Waals surface area contributed by atoms with Gasteiger partial charge in [0.25, 0.3) is 0 Å². The molecular weight excluding hydrogens is 234 g/mol. The van der Waals surface area contributed by atoms with Crippen LogP contribution in [0.4, 0.5) is 0 Å². The third-order valence-corrected chi connectivity index (χ3v) is 4.89. The molecule has 1 aromatic rings. The molecule has 4 N–H and O–H groups in total. The molecule has 1 saturated heterocycles. The zero-order valence-electron chi connectivity index (χ0n) is 12.1. The Balaban J connectivity index is 1.68. The van der Waals surface area contributed by atoms with Crippen molar-refractivity contribution in [2.45, 2.75) is 25.9 Å². The maximum atomic E-state index is 2.49. The summed E-state index contributed by atoms with van der Waals surface area (Å²) in [6.07, 6.45) is 1.32. The van der Waals surface area contributed by atoms with Crippen LogP contribution in [0.3, 0.4) is 0 Å². The minimum absolute atomic E-state index is 0.730. The highest BCUT2D eigenvalue weighted by molar-refractivity contribution is 5.29. The molecule has 0 bridgehead atoms. The molecule has 0 aromatic heterocycles. The van der Waals surface area contributed by atoms with E-state index in [1.54, 1.807) is 11.1 Å². The Hall–Kier alpha value is -0.900. The highest BCUT2D eigenvalue weighted by atomic mass is 15.3. The van der Waals surface area contributed by atoms with Crippen LogP contribution in [0.1, 0.15) is 30.5 Å². The van der Waals surface area contributed by atoms with Crippen LogP contribution >= 0.6 is 0 Å². The highest BCUT2D eigenvalue weighted by Gasteiger charge is 2.34. The van der Waals surface area contributed by atoms with E-state index >= 15 is 0 Å². The van der Waals surface area contributed by atoms with Gasteiger partial charge < -0.3 is 15.1 Å². The highest BCUT2D eigenvalue weighted by Crippen LogP contribution is 2.16. The van der Waals surface area contributed by atoms with Crippen LogP contribution in [-0.4, -0.2) is 39.3 Å². The lowest BCUT2D eigenvalue weighted by Crippen LogP contribution is -3.29. The summed E-state index contributed by atoms with van der Waals surface area (Å²) >= 11 is 0. The Labute approximate surface area is 116 Å². The van der Waals surface area contributed by atoms with Gasteiger partial charge in [-0.15, -0.1) is 0 Å². The van der Waals surface area contributed by atoms with Gasteiger partial charge in [-0.3, -0.25) is 0 Å². The summed E-state index contributed by atoms with van der Waals surface area (Å²) < 4.78 is 0. The third kappa shape index (κ3) is 2.83. The van der Waals surface area contributed by atoms with E-state index in [-0.39, 0.29) is 0 Å². The molecule has 0 amide bonds. The lowest BCUT2D eigenvalue weighted by atomic mass is 9.95. The SMILES string of the molecule is CCC[NH+]1CC[NH+]([C@@H]2C[NH2+]Cc3ccccc32)CC1. The van der Waals surface area contributed by atoms with Gasteiger partial charge in [0.2, 0.25) is 0 Å². The van der Waals surface area contributed by atoms with E-state index in [1.807, 2.05) is 9.80 Å². The second-order valence-electron chi connectivity index (χ2n) is 6.14. The number of fused-ring (bicyclic) bond motifs is 1. The minimum Gasteiger partial charge on any atom is -0.337 e. The predicted molar refractivity (Wildman–Crippen MR) is 76.2 cm³/mol. The molecule has 0 unspecified atom stereocenters. The summed E-state index contributed by atoms with van der Waals surface area (Å²) in [5.74, 6) is 0. The predicted octanol–water partition coefficient (Wildman–Crippen LogP) is -2.00. The van der Waals surface area contributed by atoms with Gasteiger partial charge in [0, 0.05) is 11.1 Å². The average Bonchev–Trinajstić information content (AvgIpc) is 2.48. The van der Waals surface area contributed by atoms with E-state index < -0.39 is 0 Å². The lowest BCUT2D eigenvalue weighted by molar-refractivity contribution is -1.03. The van der Waals surface area contributed by atoms with Crippen LogP contribution in [-0.2, 0) is 6.54 Å². The lowest BCUT2D eigenvalue weighted by Gasteiger charge is -2.36. The van der Waals surface area contributed by atoms with E-state index in [4.69, 9.17) is 0 Å². The number of quaternary nitrogens is 3. The van der Waals surface area contributed by atoms with Crippen molar-refractivity contribution in [2.75, 3.05) is 39.3 Å². The Bertz CT molecular complexity index is 410. The van der Waals surface area contributed by atoms with E-state index in [2.05, 4.69) is 36.5 Å². The summed E-state index contributed by atoms with van der Waals surface area (Å²) in [5, 5.41) is 2.49. The molecular formula is C16H28N3+3. The molecule has 1 fully saturated rings. The van der Waals surface area contributed by atoms with Crippen molar-refractivity contribution < 1.29 is 15.1 Å². The molecule has 1 aromatic carbocycles. The topological polar surface area (TPSA) is 25.5 Å². The van der Waals surface area contributed by atoms with Gasteiger partial charge >= 0.3 is 0 Å². The van der Waals surface area contributed by atoms with Gasteiger partial charge in [0.05, 0.1) is 6.54 Å². The normalized spacial score (nSPS) is 30.9. The Morgan fingerprint density at radius 2 is 1.95 bits per heavy atom. The fraction of sp³-hybridized carbons (Fsp3) is 0.625. The molecule has 2 aliphatic heterocycles. The maximum Gasteiger partial charge on any atom is 0.163 e. The molecule has 3 heteroatoms. The molecule has 1 atom stereocenters. The molecule has 0 aliphatic carbocycles. The van der Waals surface area contributed by atoms with Crippen LogP contribution in [0.25, 0.3) is 0 Å². The standard InChI is InChI=1S/C16H25N3/c1-2-7-18-8-10-19(11-9-18)16-13-17-12-14-5-3-4-6-15(14)16/h3-6,16-17H,2,7-13H2,1H3/p+3/t16-/m1/s1. The van der Waals surface area contributed by atoms with E-state index in [0.29, 0.717) is 0 Å². The van der Waals surface area contributed by atoms with Crippen LogP contribution in [0, 0.1) is 0 Å². The van der Waals surface area contributed by atoms with Crippen molar-refractivity contribution in [3.8, 4) is 0 Å². The second kappa shape index (κ2) is 6.04. The number of hydrogen-bond donors (Lipinski definition) is 3. The van der Waals surface area contributed by atoms with Gasteiger partial charge in [-0.2, -0.15) is 0 Å². The summed E-state index contributed by atoms with van der Waals surface area (Å²) in [5.41, 5.74) is 3.19. The van der Waals surface area contributed by atoms with E-state index in [9.17, 15) is 0 Å². The Morgan fingerprint density at radius 1 is 1.16 bits per heavy atom. The van der Waals surface area contributed by atoms with Crippen molar-refractivity contribution in [1.82, 2.24) is 0 Å². The Kier molecular flexibility index (Phi) is 4.16. The number of hydrogen-bond acceptors (Lipinski definition) is 0. The first-order valence-corrected chi connectivity index (χ1v) is 7.96. The first-order valence-electron chi connectivity index (χ1n) is 7.96. The molecule has 2 aliphatic rings. The minimum atomic E-state index is 0.730. The first-order chi connectivity index (χ1) is 9.38. The maximum absolute atomic E-state index is 2.49. The van der Waals surface area contributed by atoms with Crippen molar-refractivity contribution in [3.05, 3.63) is 35.4 Å². The van der Waals surface area contributed by atoms with Gasteiger partial charge in [0.1, 0.15) is 39.3 Å². The summed E-state index contributed by atoms with van der Waals surface area (Å²) in [6, 6.07) is 9.82. The number of nitrogens with one attached hydrogen (secondary N) is 2. The van der Waals surface area contributed by atoms with Gasteiger partial charge in [-0.25, -0.2) is 0 Å². The first kappa shape index (κ1) is 13.1. The van der Waals surface area contributed by atoms with E-state index in [1.165, 1.54) is 52.2 Å². The van der Waals surface area contributed by atoms with Crippen molar-refractivity contribution in [2.24, 2.45) is 0 Å². The summed E-state index contributed by atoms with van der Waals surface area (Å²) in [7, 11) is 0. The molecule has 0 radical (unpaired) electrons. The van der Waals surface area contributed by atoms with Crippen LogP contribution < -0.4 is 15.1 Å². The number of nitrogens with two attached hydrogens (primary N) is 1. The summed E-state index contributed by atoms with van der Waals surface area (Å²) in [4.78, 5) is 3.64. The average molecular weight is 262 g/mol. The van der Waals surface area contributed by atoms with Crippen LogP contribution in [0.5, 0.6) is 0 Å². The molecule has 2 heterocycles. The zero-order valence-corrected chi connectivity index (χ0v) is 12.1. The number of rotatable bonds is 3. The van der Waals surface area contributed by atoms with Gasteiger partial charge in [0.15, 0.2) is 6.04 Å². The third-order valence-electron chi connectivity index (χ3n) is 4.89. The number of piperazine rings is 1. The van der Waals surface area contributed by atoms with Crippen LogP contribution in [0.2, 0.25) is 0 Å². The van der Waals surface area contributed by atoms with Crippen molar-refractivity contribution in [1.29, 1.82) is 0 Å². The number of benzene rings is 1. The quantitative estimate of drug-likeness (QED) is 0.562. The molecule has 3 rings (SSSR count). The smallest absolute Gasteiger partial charge is 0.163 e. The Morgan fingerprint density at radius 3 is 2.74 bits per heavy atom.